The molecule has 7 heteroatoms. The van der Waals surface area contributed by atoms with Gasteiger partial charge in [0.15, 0.2) is 0 Å². The van der Waals surface area contributed by atoms with Gasteiger partial charge in [-0.3, -0.25) is 4.79 Å². The van der Waals surface area contributed by atoms with Crippen molar-refractivity contribution in [3.8, 4) is 5.75 Å². The Kier molecular flexibility index (Phi) is 5.23. The minimum atomic E-state index is -0.611. The van der Waals surface area contributed by atoms with Gasteiger partial charge >= 0.3 is 0 Å². The second-order valence-electron chi connectivity index (χ2n) is 5.67. The highest BCUT2D eigenvalue weighted by atomic mass is 35.5. The molecular weight excluding hydrogens is 359 g/mol. The summed E-state index contributed by atoms with van der Waals surface area (Å²) in [7, 11) is 0. The number of amides is 1. The van der Waals surface area contributed by atoms with Crippen LogP contribution < -0.4 is 10.1 Å². The lowest BCUT2D eigenvalue weighted by Gasteiger charge is -2.12. The number of carbonyl (C=O) groups is 1. The second-order valence-corrected chi connectivity index (χ2v) is 6.10. The molecule has 3 rings (SSSR count). The molecule has 1 aromatic heterocycles. The number of benzene rings is 2. The van der Waals surface area contributed by atoms with Crippen LogP contribution in [0.5, 0.6) is 5.75 Å². The summed E-state index contributed by atoms with van der Waals surface area (Å²) in [5, 5.41) is 6.65. The minimum Gasteiger partial charge on any atom is -0.488 e. The Morgan fingerprint density at radius 2 is 2.04 bits per heavy atom. The third kappa shape index (κ3) is 3.86. The number of rotatable bonds is 5. The van der Waals surface area contributed by atoms with E-state index >= 15 is 0 Å². The van der Waals surface area contributed by atoms with E-state index in [1.165, 1.54) is 12.1 Å². The van der Waals surface area contributed by atoms with Crippen molar-refractivity contribution in [3.63, 3.8) is 0 Å². The van der Waals surface area contributed by atoms with Gasteiger partial charge in [0.05, 0.1) is 22.5 Å². The summed E-state index contributed by atoms with van der Waals surface area (Å²) in [4.78, 5) is 12.5. The summed E-state index contributed by atoms with van der Waals surface area (Å²) in [6.07, 6.45) is 0. The molecule has 0 aliphatic heterocycles. The van der Waals surface area contributed by atoms with Crippen molar-refractivity contribution in [1.82, 2.24) is 5.16 Å². The van der Waals surface area contributed by atoms with E-state index in [1.807, 2.05) is 6.92 Å². The third-order valence-electron chi connectivity index (χ3n) is 3.86. The van der Waals surface area contributed by atoms with Crippen LogP contribution in [-0.2, 0) is 6.61 Å². The smallest absolute Gasteiger partial charge is 0.259 e. The first-order valence-electron chi connectivity index (χ1n) is 7.85. The van der Waals surface area contributed by atoms with Crippen molar-refractivity contribution >= 4 is 23.2 Å². The fraction of sp³-hybridized carbons (Fsp3) is 0.158. The Balaban J connectivity index is 1.79. The zero-order valence-corrected chi connectivity index (χ0v) is 14.9. The second kappa shape index (κ2) is 7.58. The van der Waals surface area contributed by atoms with E-state index in [-0.39, 0.29) is 22.9 Å². The lowest BCUT2D eigenvalue weighted by Crippen LogP contribution is -2.14. The summed E-state index contributed by atoms with van der Waals surface area (Å²) in [5.74, 6) is -0.0624. The highest BCUT2D eigenvalue weighted by molar-refractivity contribution is 6.30. The van der Waals surface area contributed by atoms with Gasteiger partial charge in [-0.05, 0) is 44.2 Å². The minimum absolute atomic E-state index is 0.0416. The molecule has 0 fully saturated rings. The van der Waals surface area contributed by atoms with Crippen LogP contribution >= 0.6 is 11.6 Å². The predicted octanol–water partition coefficient (Wildman–Crippen LogP) is 4.92. The van der Waals surface area contributed by atoms with Gasteiger partial charge < -0.3 is 14.6 Å². The van der Waals surface area contributed by atoms with Gasteiger partial charge in [-0.2, -0.15) is 0 Å². The van der Waals surface area contributed by atoms with Crippen molar-refractivity contribution in [2.75, 3.05) is 5.32 Å². The normalized spacial score (nSPS) is 10.6. The van der Waals surface area contributed by atoms with Crippen LogP contribution in [0.4, 0.5) is 10.1 Å². The summed E-state index contributed by atoms with van der Waals surface area (Å²) in [5.41, 5.74) is 1.88. The van der Waals surface area contributed by atoms with Crippen LogP contribution in [0.25, 0.3) is 0 Å². The molecule has 0 saturated heterocycles. The molecule has 0 aliphatic rings. The van der Waals surface area contributed by atoms with Gasteiger partial charge in [-0.1, -0.05) is 28.9 Å². The Bertz CT molecular complexity index is 936. The molecule has 3 aromatic rings. The molecule has 0 saturated carbocycles. The first kappa shape index (κ1) is 17.9. The average Bonchev–Trinajstić information content (AvgIpc) is 2.94. The van der Waals surface area contributed by atoms with E-state index in [2.05, 4.69) is 10.5 Å². The van der Waals surface area contributed by atoms with Gasteiger partial charge in [0.25, 0.3) is 5.91 Å². The zero-order valence-electron chi connectivity index (χ0n) is 14.2. The van der Waals surface area contributed by atoms with Crippen molar-refractivity contribution in [2.24, 2.45) is 0 Å². The fourth-order valence-electron chi connectivity index (χ4n) is 2.42. The molecule has 0 spiro atoms. The molecule has 0 unspecified atom stereocenters. The maximum absolute atomic E-state index is 13.9. The van der Waals surface area contributed by atoms with E-state index in [4.69, 9.17) is 20.9 Å². The highest BCUT2D eigenvalue weighted by Crippen LogP contribution is 2.24. The van der Waals surface area contributed by atoms with E-state index < -0.39 is 11.7 Å². The van der Waals surface area contributed by atoms with Crippen LogP contribution in [0.1, 0.15) is 27.4 Å². The molecule has 1 N–H and O–H groups in total. The van der Waals surface area contributed by atoms with E-state index in [9.17, 15) is 9.18 Å². The van der Waals surface area contributed by atoms with Crippen molar-refractivity contribution in [1.29, 1.82) is 0 Å². The van der Waals surface area contributed by atoms with Crippen molar-refractivity contribution in [2.45, 2.75) is 20.5 Å². The number of hydrogen-bond acceptors (Lipinski definition) is 4. The van der Waals surface area contributed by atoms with Gasteiger partial charge in [-0.25, -0.2) is 4.39 Å². The number of hydrogen-bond donors (Lipinski definition) is 1. The SMILES string of the molecule is Cc1noc(C)c1COc1ccccc1C(=O)Nc1ccc(Cl)cc1F. The maximum atomic E-state index is 13.9. The summed E-state index contributed by atoms with van der Waals surface area (Å²) < 4.78 is 24.8. The number of aromatic nitrogens is 1. The Labute approximate surface area is 154 Å². The van der Waals surface area contributed by atoms with Crippen molar-refractivity contribution < 1.29 is 18.4 Å². The summed E-state index contributed by atoms with van der Waals surface area (Å²) >= 11 is 5.73. The molecular formula is C19H16ClFN2O3. The highest BCUT2D eigenvalue weighted by Gasteiger charge is 2.16. The fourth-order valence-corrected chi connectivity index (χ4v) is 2.58. The molecule has 26 heavy (non-hydrogen) atoms. The van der Waals surface area contributed by atoms with Crippen LogP contribution in [0.3, 0.4) is 0 Å². The van der Waals surface area contributed by atoms with E-state index in [0.717, 1.165) is 17.3 Å². The lowest BCUT2D eigenvalue weighted by atomic mass is 10.1. The predicted molar refractivity (Wildman–Crippen MR) is 96.1 cm³/mol. The molecule has 5 nitrogen and oxygen atoms in total. The van der Waals surface area contributed by atoms with Crippen LogP contribution in [0.15, 0.2) is 47.0 Å². The first-order valence-corrected chi connectivity index (χ1v) is 8.23. The van der Waals surface area contributed by atoms with E-state index in [1.54, 1.807) is 31.2 Å². The topological polar surface area (TPSA) is 64.4 Å². The number of nitrogens with one attached hydrogen (secondary N) is 1. The number of halogens is 2. The molecule has 0 atom stereocenters. The van der Waals surface area contributed by atoms with Crippen molar-refractivity contribution in [3.05, 3.63) is 75.9 Å². The first-order chi connectivity index (χ1) is 12.5. The molecule has 2 aromatic carbocycles. The monoisotopic (exact) mass is 374 g/mol. The molecule has 0 aliphatic carbocycles. The van der Waals surface area contributed by atoms with Crippen LogP contribution in [0, 0.1) is 19.7 Å². The maximum Gasteiger partial charge on any atom is 0.259 e. The summed E-state index contributed by atoms with van der Waals surface area (Å²) in [6, 6.07) is 10.8. The molecule has 0 bridgehead atoms. The molecule has 1 heterocycles. The lowest BCUT2D eigenvalue weighted by molar-refractivity contribution is 0.102. The number of nitrogens with zero attached hydrogens (tertiary/aromatic N) is 1. The Hall–Kier alpha value is -2.86. The number of carbonyl (C=O) groups excluding carboxylic acids is 1. The number of anilines is 1. The standard InChI is InChI=1S/C19H16ClFN2O3/c1-11-15(12(2)26-23-11)10-25-18-6-4-3-5-14(18)19(24)22-17-8-7-13(20)9-16(17)21/h3-9H,10H2,1-2H3,(H,22,24). The molecule has 0 radical (unpaired) electrons. The third-order valence-corrected chi connectivity index (χ3v) is 4.10. The summed E-state index contributed by atoms with van der Waals surface area (Å²) in [6.45, 7) is 3.82. The van der Waals surface area contributed by atoms with Gasteiger partial charge in [0.2, 0.25) is 0 Å². The molecule has 1 amide bonds. The molecule has 134 valence electrons. The Morgan fingerprint density at radius 1 is 1.27 bits per heavy atom. The zero-order chi connectivity index (χ0) is 18.7. The largest absolute Gasteiger partial charge is 0.488 e. The average molecular weight is 375 g/mol. The van der Waals surface area contributed by atoms with Crippen LogP contribution in [-0.4, -0.2) is 11.1 Å². The number of para-hydroxylation sites is 1. The quantitative estimate of drug-likeness (QED) is 0.688. The Morgan fingerprint density at radius 3 is 2.73 bits per heavy atom. The van der Waals surface area contributed by atoms with E-state index in [0.29, 0.717) is 11.5 Å². The van der Waals surface area contributed by atoms with Gasteiger partial charge in [0.1, 0.15) is 23.9 Å². The van der Waals surface area contributed by atoms with Gasteiger partial charge in [-0.15, -0.1) is 0 Å². The van der Waals surface area contributed by atoms with Crippen LogP contribution in [0.2, 0.25) is 5.02 Å². The van der Waals surface area contributed by atoms with Gasteiger partial charge in [0, 0.05) is 5.02 Å². The number of aryl methyl sites for hydroxylation is 2. The number of ether oxygens (including phenoxy) is 1.